The predicted molar refractivity (Wildman–Crippen MR) is 87.2 cm³/mol. The quantitative estimate of drug-likeness (QED) is 0.696. The normalized spacial score (nSPS) is 21.1. The molecule has 0 radical (unpaired) electrons. The van der Waals surface area contributed by atoms with Crippen LogP contribution in [0.1, 0.15) is 31.2 Å². The van der Waals surface area contributed by atoms with Crippen molar-refractivity contribution in [3.8, 4) is 5.75 Å². The predicted octanol–water partition coefficient (Wildman–Crippen LogP) is 4.60. The lowest BCUT2D eigenvalue weighted by Crippen LogP contribution is -2.35. The number of rotatable bonds is 4. The molecule has 1 heterocycles. The van der Waals surface area contributed by atoms with Crippen molar-refractivity contribution in [3.05, 3.63) is 28.2 Å². The van der Waals surface area contributed by atoms with Crippen LogP contribution in [0.3, 0.4) is 0 Å². The van der Waals surface area contributed by atoms with Gasteiger partial charge in [0.2, 0.25) is 0 Å². The Hall–Kier alpha value is -0.0600. The largest absolute Gasteiger partial charge is 0.497 e. The van der Waals surface area contributed by atoms with Crippen molar-refractivity contribution < 1.29 is 4.74 Å². The summed E-state index contributed by atoms with van der Waals surface area (Å²) >= 11 is 7.32. The van der Waals surface area contributed by atoms with Crippen LogP contribution in [-0.2, 0) is 6.54 Å². The summed E-state index contributed by atoms with van der Waals surface area (Å²) in [7, 11) is 1.72. The lowest BCUT2D eigenvalue weighted by atomic mass is 10.1. The van der Waals surface area contributed by atoms with E-state index < -0.39 is 0 Å². The monoisotopic (exact) mass is 389 g/mol. The molecule has 0 aromatic heterocycles. The van der Waals surface area contributed by atoms with E-state index in [0.717, 1.165) is 17.6 Å². The summed E-state index contributed by atoms with van der Waals surface area (Å²) in [4.78, 5) is 2.60. The molecular formula is C15H21Br2NO. The number of benzene rings is 1. The summed E-state index contributed by atoms with van der Waals surface area (Å²) in [5.41, 5.74) is 1.31. The van der Waals surface area contributed by atoms with E-state index in [9.17, 15) is 0 Å². The Bertz CT molecular complexity index is 411. The van der Waals surface area contributed by atoms with Gasteiger partial charge in [0, 0.05) is 22.4 Å². The molecule has 0 aliphatic carbocycles. The molecular weight excluding hydrogens is 370 g/mol. The lowest BCUT2D eigenvalue weighted by molar-refractivity contribution is 0.208. The standard InChI is InChI=1S/C15H21Br2NO/c1-19-14-6-7-15(17)12(9-14)11-18-8-4-2-3-5-13(18)10-16/h6-7,9,13H,2-5,8,10-11H2,1H3. The molecule has 1 saturated heterocycles. The van der Waals surface area contributed by atoms with E-state index in [1.54, 1.807) is 7.11 Å². The Balaban J connectivity index is 2.13. The lowest BCUT2D eigenvalue weighted by Gasteiger charge is -2.29. The molecule has 0 spiro atoms. The van der Waals surface area contributed by atoms with Crippen LogP contribution in [0.25, 0.3) is 0 Å². The molecule has 1 atom stereocenters. The Labute approximate surface area is 132 Å². The summed E-state index contributed by atoms with van der Waals surface area (Å²) in [6.45, 7) is 2.19. The second-order valence-electron chi connectivity index (χ2n) is 5.09. The summed E-state index contributed by atoms with van der Waals surface area (Å²) in [5, 5.41) is 1.06. The summed E-state index contributed by atoms with van der Waals surface area (Å²) in [6.07, 6.45) is 5.32. The molecule has 2 rings (SSSR count). The van der Waals surface area contributed by atoms with Crippen LogP contribution in [0.4, 0.5) is 0 Å². The Kier molecular flexibility index (Phi) is 6.17. The van der Waals surface area contributed by atoms with Gasteiger partial charge in [-0.25, -0.2) is 0 Å². The average molecular weight is 391 g/mol. The molecule has 19 heavy (non-hydrogen) atoms. The van der Waals surface area contributed by atoms with Gasteiger partial charge >= 0.3 is 0 Å². The van der Waals surface area contributed by atoms with E-state index in [2.05, 4.69) is 48.9 Å². The van der Waals surface area contributed by atoms with Gasteiger partial charge in [-0.3, -0.25) is 4.90 Å². The highest BCUT2D eigenvalue weighted by Gasteiger charge is 2.20. The van der Waals surface area contributed by atoms with Crippen LogP contribution in [-0.4, -0.2) is 29.9 Å². The van der Waals surface area contributed by atoms with Gasteiger partial charge in [0.1, 0.15) is 5.75 Å². The second-order valence-corrected chi connectivity index (χ2v) is 6.59. The van der Waals surface area contributed by atoms with Gasteiger partial charge in [0.25, 0.3) is 0 Å². The van der Waals surface area contributed by atoms with Crippen molar-refractivity contribution in [2.45, 2.75) is 38.3 Å². The fourth-order valence-corrected chi connectivity index (χ4v) is 3.74. The van der Waals surface area contributed by atoms with Gasteiger partial charge in [-0.1, -0.05) is 44.7 Å². The first-order chi connectivity index (χ1) is 9.24. The number of ether oxygens (including phenoxy) is 1. The summed E-state index contributed by atoms with van der Waals surface area (Å²) in [6, 6.07) is 6.87. The van der Waals surface area contributed by atoms with Crippen molar-refractivity contribution in [2.24, 2.45) is 0 Å². The highest BCUT2D eigenvalue weighted by Crippen LogP contribution is 2.27. The van der Waals surface area contributed by atoms with E-state index in [-0.39, 0.29) is 0 Å². The maximum atomic E-state index is 5.33. The van der Waals surface area contributed by atoms with Crippen molar-refractivity contribution >= 4 is 31.9 Å². The summed E-state index contributed by atoms with van der Waals surface area (Å²) in [5.74, 6) is 0.934. The Morgan fingerprint density at radius 2 is 2.16 bits per heavy atom. The zero-order chi connectivity index (χ0) is 13.7. The number of halogens is 2. The van der Waals surface area contributed by atoms with Crippen LogP contribution in [0.2, 0.25) is 0 Å². The fourth-order valence-electron chi connectivity index (χ4n) is 2.64. The first-order valence-corrected chi connectivity index (χ1v) is 8.78. The zero-order valence-corrected chi connectivity index (χ0v) is 14.5. The van der Waals surface area contributed by atoms with Crippen LogP contribution in [0.5, 0.6) is 5.75 Å². The third-order valence-corrected chi connectivity index (χ3v) is 5.32. The average Bonchev–Trinajstić information content (AvgIpc) is 2.66. The third-order valence-electron chi connectivity index (χ3n) is 3.80. The summed E-state index contributed by atoms with van der Waals surface area (Å²) < 4.78 is 6.50. The van der Waals surface area contributed by atoms with Gasteiger partial charge in [-0.2, -0.15) is 0 Å². The second kappa shape index (κ2) is 7.65. The van der Waals surface area contributed by atoms with Crippen molar-refractivity contribution in [2.75, 3.05) is 19.0 Å². The van der Waals surface area contributed by atoms with Gasteiger partial charge in [-0.15, -0.1) is 0 Å². The smallest absolute Gasteiger partial charge is 0.119 e. The molecule has 1 fully saturated rings. The molecule has 2 nitrogen and oxygen atoms in total. The van der Waals surface area contributed by atoms with Gasteiger partial charge in [0.05, 0.1) is 7.11 Å². The van der Waals surface area contributed by atoms with Gasteiger partial charge < -0.3 is 4.74 Å². The zero-order valence-electron chi connectivity index (χ0n) is 11.4. The van der Waals surface area contributed by atoms with Crippen molar-refractivity contribution in [1.29, 1.82) is 0 Å². The first-order valence-electron chi connectivity index (χ1n) is 6.87. The number of alkyl halides is 1. The SMILES string of the molecule is COc1ccc(Br)c(CN2CCCCCC2CBr)c1. The maximum Gasteiger partial charge on any atom is 0.119 e. The topological polar surface area (TPSA) is 12.5 Å². The minimum atomic E-state index is 0.653. The van der Waals surface area contributed by atoms with Gasteiger partial charge in [-0.05, 0) is 43.1 Å². The number of nitrogens with zero attached hydrogens (tertiary/aromatic N) is 1. The molecule has 0 saturated carbocycles. The van der Waals surface area contributed by atoms with Crippen LogP contribution in [0.15, 0.2) is 22.7 Å². The number of hydrogen-bond donors (Lipinski definition) is 0. The number of methoxy groups -OCH3 is 1. The molecule has 1 aromatic rings. The molecule has 0 amide bonds. The molecule has 1 aliphatic heterocycles. The van der Waals surface area contributed by atoms with E-state index in [4.69, 9.17) is 4.74 Å². The van der Waals surface area contributed by atoms with E-state index in [1.807, 2.05) is 6.07 Å². The number of likely N-dealkylation sites (tertiary alicyclic amines) is 1. The Morgan fingerprint density at radius 3 is 2.89 bits per heavy atom. The maximum absolute atomic E-state index is 5.33. The minimum absolute atomic E-state index is 0.653. The molecule has 1 unspecified atom stereocenters. The molecule has 0 bridgehead atoms. The molecule has 0 N–H and O–H groups in total. The number of hydrogen-bond acceptors (Lipinski definition) is 2. The van der Waals surface area contributed by atoms with Crippen LogP contribution in [0, 0.1) is 0 Å². The molecule has 1 aromatic carbocycles. The minimum Gasteiger partial charge on any atom is -0.497 e. The molecule has 4 heteroatoms. The van der Waals surface area contributed by atoms with Crippen LogP contribution >= 0.6 is 31.9 Å². The van der Waals surface area contributed by atoms with Crippen molar-refractivity contribution in [1.82, 2.24) is 4.90 Å². The van der Waals surface area contributed by atoms with E-state index in [0.29, 0.717) is 6.04 Å². The third kappa shape index (κ3) is 4.20. The van der Waals surface area contributed by atoms with E-state index in [1.165, 1.54) is 42.3 Å². The van der Waals surface area contributed by atoms with Gasteiger partial charge in [0.15, 0.2) is 0 Å². The van der Waals surface area contributed by atoms with Crippen molar-refractivity contribution in [3.63, 3.8) is 0 Å². The fraction of sp³-hybridized carbons (Fsp3) is 0.600. The van der Waals surface area contributed by atoms with Crippen LogP contribution < -0.4 is 4.74 Å². The molecule has 1 aliphatic rings. The highest BCUT2D eigenvalue weighted by molar-refractivity contribution is 9.10. The van der Waals surface area contributed by atoms with E-state index >= 15 is 0 Å². The highest BCUT2D eigenvalue weighted by atomic mass is 79.9. The first kappa shape index (κ1) is 15.3. The Morgan fingerprint density at radius 1 is 1.32 bits per heavy atom. The molecule has 106 valence electrons.